The average molecular weight is 190 g/mol. The zero-order valence-electron chi connectivity index (χ0n) is 7.68. The first-order valence-electron chi connectivity index (χ1n) is 4.11. The van der Waals surface area contributed by atoms with E-state index in [9.17, 15) is 0 Å². The third kappa shape index (κ3) is 1.55. The molecule has 0 spiro atoms. The minimum absolute atomic E-state index is 0.371. The molecule has 2 heterocycles. The van der Waals surface area contributed by atoms with Crippen LogP contribution in [0.25, 0.3) is 5.82 Å². The van der Waals surface area contributed by atoms with Crippen LogP contribution < -0.4 is 11.3 Å². The van der Waals surface area contributed by atoms with Gasteiger partial charge in [-0.05, 0) is 12.5 Å². The number of nitrogen functional groups attached to an aromatic ring is 1. The number of anilines is 1. The lowest BCUT2D eigenvalue weighted by molar-refractivity contribution is 0.839. The van der Waals surface area contributed by atoms with Crippen molar-refractivity contribution >= 4 is 5.95 Å². The largest absolute Gasteiger partial charge is 0.292 e. The van der Waals surface area contributed by atoms with E-state index >= 15 is 0 Å². The number of nitrogens with zero attached hydrogens (tertiary/aromatic N) is 4. The van der Waals surface area contributed by atoms with E-state index in [1.165, 1.54) is 0 Å². The molecule has 2 rings (SSSR count). The summed E-state index contributed by atoms with van der Waals surface area (Å²) < 4.78 is 1.66. The van der Waals surface area contributed by atoms with Gasteiger partial charge in [0.1, 0.15) is 0 Å². The van der Waals surface area contributed by atoms with E-state index in [0.29, 0.717) is 11.8 Å². The van der Waals surface area contributed by atoms with Gasteiger partial charge in [0.25, 0.3) is 0 Å². The Morgan fingerprint density at radius 1 is 1.50 bits per heavy atom. The maximum atomic E-state index is 5.20. The highest BCUT2D eigenvalue weighted by atomic mass is 15.3. The SMILES string of the molecule is Cc1cnn(-c2ccnc(NN)n2)c1. The molecular formula is C8H10N6. The molecular weight excluding hydrogens is 180 g/mol. The summed E-state index contributed by atoms with van der Waals surface area (Å²) in [5.74, 6) is 6.25. The number of hydrogen-bond donors (Lipinski definition) is 2. The van der Waals surface area contributed by atoms with Crippen LogP contribution in [-0.2, 0) is 0 Å². The Morgan fingerprint density at radius 3 is 3.00 bits per heavy atom. The van der Waals surface area contributed by atoms with Crippen molar-refractivity contribution in [3.63, 3.8) is 0 Å². The molecule has 6 heteroatoms. The molecule has 72 valence electrons. The number of nitrogens with one attached hydrogen (secondary N) is 1. The Hall–Kier alpha value is -1.95. The molecule has 6 nitrogen and oxygen atoms in total. The van der Waals surface area contributed by atoms with E-state index in [1.807, 2.05) is 13.1 Å². The fourth-order valence-electron chi connectivity index (χ4n) is 1.08. The fraction of sp³-hybridized carbons (Fsp3) is 0.125. The minimum atomic E-state index is 0.371. The lowest BCUT2D eigenvalue weighted by atomic mass is 10.4. The molecule has 0 bridgehead atoms. The van der Waals surface area contributed by atoms with Crippen LogP contribution in [0.1, 0.15) is 5.56 Å². The number of hydrazine groups is 1. The van der Waals surface area contributed by atoms with Crippen LogP contribution in [-0.4, -0.2) is 19.7 Å². The first-order valence-corrected chi connectivity index (χ1v) is 4.11. The highest BCUT2D eigenvalue weighted by Crippen LogP contribution is 2.05. The van der Waals surface area contributed by atoms with Crippen LogP contribution >= 0.6 is 0 Å². The molecule has 14 heavy (non-hydrogen) atoms. The van der Waals surface area contributed by atoms with Crippen LogP contribution in [0.2, 0.25) is 0 Å². The summed E-state index contributed by atoms with van der Waals surface area (Å²) in [6, 6.07) is 1.76. The molecule has 0 saturated heterocycles. The normalized spacial score (nSPS) is 10.1. The summed E-state index contributed by atoms with van der Waals surface area (Å²) in [6.07, 6.45) is 5.26. The number of nitrogens with two attached hydrogens (primary N) is 1. The van der Waals surface area contributed by atoms with Gasteiger partial charge in [-0.2, -0.15) is 10.1 Å². The molecule has 0 aliphatic carbocycles. The van der Waals surface area contributed by atoms with Crippen molar-refractivity contribution in [2.45, 2.75) is 6.92 Å². The molecule has 0 fully saturated rings. The summed E-state index contributed by atoms with van der Waals surface area (Å²) in [5.41, 5.74) is 3.46. The van der Waals surface area contributed by atoms with Gasteiger partial charge in [-0.3, -0.25) is 5.43 Å². The van der Waals surface area contributed by atoms with Crippen LogP contribution in [0.5, 0.6) is 0 Å². The van der Waals surface area contributed by atoms with Crippen molar-refractivity contribution in [3.05, 3.63) is 30.2 Å². The molecule has 2 aromatic rings. The first kappa shape index (κ1) is 8.64. The zero-order valence-corrected chi connectivity index (χ0v) is 7.68. The lowest BCUT2D eigenvalue weighted by Crippen LogP contribution is -2.11. The van der Waals surface area contributed by atoms with Gasteiger partial charge in [0.2, 0.25) is 5.95 Å². The van der Waals surface area contributed by atoms with Gasteiger partial charge < -0.3 is 0 Å². The fourth-order valence-corrected chi connectivity index (χ4v) is 1.08. The van der Waals surface area contributed by atoms with Crippen molar-refractivity contribution in [1.29, 1.82) is 0 Å². The zero-order chi connectivity index (χ0) is 9.97. The second-order valence-electron chi connectivity index (χ2n) is 2.85. The number of aromatic nitrogens is 4. The van der Waals surface area contributed by atoms with Crippen LogP contribution in [0, 0.1) is 6.92 Å². The van der Waals surface area contributed by atoms with Crippen molar-refractivity contribution in [3.8, 4) is 5.82 Å². The molecule has 0 amide bonds. The van der Waals surface area contributed by atoms with Crippen LogP contribution in [0.4, 0.5) is 5.95 Å². The van der Waals surface area contributed by atoms with E-state index in [1.54, 1.807) is 23.1 Å². The minimum Gasteiger partial charge on any atom is -0.292 e. The van der Waals surface area contributed by atoms with Gasteiger partial charge in [0.05, 0.1) is 6.20 Å². The van der Waals surface area contributed by atoms with Crippen molar-refractivity contribution in [2.75, 3.05) is 5.43 Å². The van der Waals surface area contributed by atoms with E-state index < -0.39 is 0 Å². The summed E-state index contributed by atoms with van der Waals surface area (Å²) in [7, 11) is 0. The van der Waals surface area contributed by atoms with Gasteiger partial charge in [0.15, 0.2) is 5.82 Å². The maximum absolute atomic E-state index is 5.20. The van der Waals surface area contributed by atoms with Crippen molar-refractivity contribution in [2.24, 2.45) is 5.84 Å². The first-order chi connectivity index (χ1) is 6.79. The monoisotopic (exact) mass is 190 g/mol. The molecule has 0 aliphatic rings. The molecule has 3 N–H and O–H groups in total. The molecule has 0 aliphatic heterocycles. The second-order valence-corrected chi connectivity index (χ2v) is 2.85. The standard InChI is InChI=1S/C8H10N6/c1-6-4-11-14(5-6)7-2-3-10-8(12-7)13-9/h2-5H,9H2,1H3,(H,10,12,13). The van der Waals surface area contributed by atoms with Crippen LogP contribution in [0.15, 0.2) is 24.7 Å². The van der Waals surface area contributed by atoms with Crippen LogP contribution in [0.3, 0.4) is 0 Å². The van der Waals surface area contributed by atoms with Gasteiger partial charge >= 0.3 is 0 Å². The molecule has 2 aromatic heterocycles. The maximum Gasteiger partial charge on any atom is 0.239 e. The number of aryl methyl sites for hydroxylation is 1. The van der Waals surface area contributed by atoms with Gasteiger partial charge in [-0.25, -0.2) is 15.5 Å². The molecule has 0 aromatic carbocycles. The molecule has 0 saturated carbocycles. The molecule has 0 atom stereocenters. The summed E-state index contributed by atoms with van der Waals surface area (Å²) in [5, 5.41) is 4.12. The van der Waals surface area contributed by atoms with Crippen molar-refractivity contribution < 1.29 is 0 Å². The van der Waals surface area contributed by atoms with E-state index in [-0.39, 0.29) is 0 Å². The Labute approximate surface area is 80.8 Å². The number of rotatable bonds is 2. The van der Waals surface area contributed by atoms with Gasteiger partial charge in [-0.15, -0.1) is 0 Å². The Kier molecular flexibility index (Phi) is 2.11. The Balaban J connectivity index is 2.41. The Morgan fingerprint density at radius 2 is 2.36 bits per heavy atom. The van der Waals surface area contributed by atoms with E-state index in [0.717, 1.165) is 5.56 Å². The third-order valence-corrected chi connectivity index (χ3v) is 1.72. The highest BCUT2D eigenvalue weighted by Gasteiger charge is 2.00. The summed E-state index contributed by atoms with van der Waals surface area (Å²) in [4.78, 5) is 8.03. The topological polar surface area (TPSA) is 81.7 Å². The van der Waals surface area contributed by atoms with Crippen molar-refractivity contribution in [1.82, 2.24) is 19.7 Å². The third-order valence-electron chi connectivity index (χ3n) is 1.72. The quantitative estimate of drug-likeness (QED) is 0.524. The lowest BCUT2D eigenvalue weighted by Gasteiger charge is -2.01. The average Bonchev–Trinajstić information content (AvgIpc) is 2.65. The second kappa shape index (κ2) is 3.43. The van der Waals surface area contributed by atoms with E-state index in [2.05, 4.69) is 20.5 Å². The van der Waals surface area contributed by atoms with E-state index in [4.69, 9.17) is 5.84 Å². The summed E-state index contributed by atoms with van der Waals surface area (Å²) >= 11 is 0. The smallest absolute Gasteiger partial charge is 0.239 e. The van der Waals surface area contributed by atoms with Gasteiger partial charge in [-0.1, -0.05) is 0 Å². The Bertz CT molecular complexity index is 435. The number of hydrogen-bond acceptors (Lipinski definition) is 5. The molecule has 0 radical (unpaired) electrons. The van der Waals surface area contributed by atoms with Gasteiger partial charge in [0, 0.05) is 18.5 Å². The predicted molar refractivity (Wildman–Crippen MR) is 51.7 cm³/mol. The highest BCUT2D eigenvalue weighted by molar-refractivity contribution is 5.30. The predicted octanol–water partition coefficient (Wildman–Crippen LogP) is 0.256. The summed E-state index contributed by atoms with van der Waals surface area (Å²) in [6.45, 7) is 1.97. The molecule has 0 unspecified atom stereocenters.